The highest BCUT2D eigenvalue weighted by Crippen LogP contribution is 2.22. The summed E-state index contributed by atoms with van der Waals surface area (Å²) in [6.45, 7) is 1.44. The van der Waals surface area contributed by atoms with Gasteiger partial charge in [0.25, 0.3) is 0 Å². The molecule has 5 heteroatoms. The Morgan fingerprint density at radius 1 is 1.41 bits per heavy atom. The third-order valence-electron chi connectivity index (χ3n) is 2.29. The van der Waals surface area contributed by atoms with E-state index in [0.29, 0.717) is 12.2 Å². The minimum Gasteiger partial charge on any atom is -0.308 e. The van der Waals surface area contributed by atoms with Crippen LogP contribution in [-0.4, -0.2) is 4.98 Å². The second kappa shape index (κ2) is 5.92. The van der Waals surface area contributed by atoms with E-state index in [1.807, 2.05) is 23.6 Å². The lowest BCUT2D eigenvalue weighted by atomic mass is 10.2. The maximum atomic E-state index is 8.90. The largest absolute Gasteiger partial charge is 0.308 e. The summed E-state index contributed by atoms with van der Waals surface area (Å²) < 4.78 is 1.13. The van der Waals surface area contributed by atoms with E-state index < -0.39 is 0 Å². The van der Waals surface area contributed by atoms with E-state index in [4.69, 9.17) is 5.26 Å². The lowest BCUT2D eigenvalue weighted by molar-refractivity contribution is 0.696. The summed E-state index contributed by atoms with van der Waals surface area (Å²) in [4.78, 5) is 5.28. The van der Waals surface area contributed by atoms with Crippen LogP contribution in [0.1, 0.15) is 16.1 Å². The number of thiophene rings is 1. The molecule has 0 aliphatic rings. The first kappa shape index (κ1) is 12.2. The summed E-state index contributed by atoms with van der Waals surface area (Å²) in [5.41, 5.74) is 1.42. The molecular formula is C12H10BrN3S. The van der Waals surface area contributed by atoms with Crippen LogP contribution in [0, 0.1) is 11.3 Å². The van der Waals surface area contributed by atoms with Crippen molar-refractivity contribution >= 4 is 27.3 Å². The molecule has 0 amide bonds. The van der Waals surface area contributed by atoms with Crippen LogP contribution in [0.5, 0.6) is 0 Å². The molecule has 3 nitrogen and oxygen atoms in total. The highest BCUT2D eigenvalue weighted by Gasteiger charge is 2.03. The fraction of sp³-hybridized carbons (Fsp3) is 0.167. The Kier molecular flexibility index (Phi) is 4.26. The van der Waals surface area contributed by atoms with Gasteiger partial charge in [-0.15, -0.1) is 11.3 Å². The second-order valence-corrected chi connectivity index (χ2v) is 5.27. The fourth-order valence-corrected chi connectivity index (χ4v) is 2.91. The SMILES string of the molecule is N#Cc1ncccc1CNCc1sccc1Br. The van der Waals surface area contributed by atoms with Crippen LogP contribution in [0.3, 0.4) is 0 Å². The molecule has 0 aromatic carbocycles. The van der Waals surface area contributed by atoms with Crippen molar-refractivity contribution in [2.45, 2.75) is 13.1 Å². The lowest BCUT2D eigenvalue weighted by Crippen LogP contribution is -2.13. The molecule has 0 aliphatic carbocycles. The summed E-state index contributed by atoms with van der Waals surface area (Å²) in [6.07, 6.45) is 1.64. The quantitative estimate of drug-likeness (QED) is 0.944. The van der Waals surface area contributed by atoms with Crippen molar-refractivity contribution < 1.29 is 0 Å². The minimum atomic E-state index is 0.491. The fourth-order valence-electron chi connectivity index (χ4n) is 1.44. The Morgan fingerprint density at radius 2 is 2.29 bits per heavy atom. The van der Waals surface area contributed by atoms with Crippen LogP contribution in [-0.2, 0) is 13.1 Å². The number of hydrogen-bond donors (Lipinski definition) is 1. The number of nitrogens with one attached hydrogen (secondary N) is 1. The lowest BCUT2D eigenvalue weighted by Gasteiger charge is -2.04. The van der Waals surface area contributed by atoms with Gasteiger partial charge in [-0.2, -0.15) is 5.26 Å². The van der Waals surface area contributed by atoms with Gasteiger partial charge in [0.15, 0.2) is 0 Å². The molecule has 0 spiro atoms. The maximum Gasteiger partial charge on any atom is 0.144 e. The molecule has 0 bridgehead atoms. The molecule has 0 aliphatic heterocycles. The monoisotopic (exact) mass is 307 g/mol. The number of hydrogen-bond acceptors (Lipinski definition) is 4. The molecule has 0 atom stereocenters. The summed E-state index contributed by atoms with van der Waals surface area (Å²) >= 11 is 5.19. The Morgan fingerprint density at radius 3 is 3.00 bits per heavy atom. The standard InChI is InChI=1S/C12H10BrN3S/c13-10-3-5-17-12(10)8-15-7-9-2-1-4-16-11(9)6-14/h1-5,15H,7-8H2. The summed E-state index contributed by atoms with van der Waals surface area (Å²) in [5, 5.41) is 14.3. The van der Waals surface area contributed by atoms with Gasteiger partial charge >= 0.3 is 0 Å². The van der Waals surface area contributed by atoms with Crippen molar-refractivity contribution in [1.82, 2.24) is 10.3 Å². The number of pyridine rings is 1. The van der Waals surface area contributed by atoms with E-state index in [9.17, 15) is 0 Å². The molecule has 1 N–H and O–H groups in total. The number of rotatable bonds is 4. The van der Waals surface area contributed by atoms with Crippen molar-refractivity contribution in [3.63, 3.8) is 0 Å². The van der Waals surface area contributed by atoms with Crippen molar-refractivity contribution in [3.8, 4) is 6.07 Å². The average molecular weight is 308 g/mol. The first-order valence-corrected chi connectivity index (χ1v) is 6.75. The number of halogens is 1. The zero-order valence-corrected chi connectivity index (χ0v) is 11.4. The third kappa shape index (κ3) is 3.13. The van der Waals surface area contributed by atoms with Gasteiger partial charge in [0.05, 0.1) is 0 Å². The van der Waals surface area contributed by atoms with Gasteiger partial charge in [-0.25, -0.2) is 4.98 Å². The molecule has 2 rings (SSSR count). The minimum absolute atomic E-state index is 0.491. The van der Waals surface area contributed by atoms with Gasteiger partial charge < -0.3 is 5.32 Å². The highest BCUT2D eigenvalue weighted by molar-refractivity contribution is 9.10. The predicted molar refractivity (Wildman–Crippen MR) is 71.5 cm³/mol. The van der Waals surface area contributed by atoms with Crippen molar-refractivity contribution in [3.05, 3.63) is 50.4 Å². The first-order valence-electron chi connectivity index (χ1n) is 5.08. The van der Waals surface area contributed by atoms with E-state index in [-0.39, 0.29) is 0 Å². The summed E-state index contributed by atoms with van der Waals surface area (Å²) in [6, 6.07) is 7.89. The van der Waals surface area contributed by atoms with Crippen LogP contribution in [0.25, 0.3) is 0 Å². The molecule has 2 aromatic rings. The van der Waals surface area contributed by atoms with E-state index in [1.165, 1.54) is 4.88 Å². The summed E-state index contributed by atoms with van der Waals surface area (Å²) in [7, 11) is 0. The van der Waals surface area contributed by atoms with E-state index in [2.05, 4.69) is 32.3 Å². The number of nitrogens with zero attached hydrogens (tertiary/aromatic N) is 2. The molecule has 2 heterocycles. The Bertz CT molecular complexity index is 545. The molecule has 0 unspecified atom stereocenters. The predicted octanol–water partition coefficient (Wildman–Crippen LogP) is 3.07. The Hall–Kier alpha value is -1.22. The Balaban J connectivity index is 1.95. The van der Waals surface area contributed by atoms with Gasteiger partial charge in [-0.05, 0) is 33.4 Å². The van der Waals surface area contributed by atoms with Gasteiger partial charge in [0, 0.05) is 34.2 Å². The zero-order chi connectivity index (χ0) is 12.1. The maximum absolute atomic E-state index is 8.90. The molecule has 0 saturated heterocycles. The summed E-state index contributed by atoms with van der Waals surface area (Å²) in [5.74, 6) is 0. The average Bonchev–Trinajstić information content (AvgIpc) is 2.76. The van der Waals surface area contributed by atoms with E-state index in [0.717, 1.165) is 16.6 Å². The van der Waals surface area contributed by atoms with Crippen LogP contribution < -0.4 is 5.32 Å². The molecular weight excluding hydrogens is 298 g/mol. The van der Waals surface area contributed by atoms with Crippen molar-refractivity contribution in [2.24, 2.45) is 0 Å². The van der Waals surface area contributed by atoms with Gasteiger partial charge in [-0.3, -0.25) is 0 Å². The van der Waals surface area contributed by atoms with Crippen molar-refractivity contribution in [1.29, 1.82) is 5.26 Å². The molecule has 17 heavy (non-hydrogen) atoms. The number of aromatic nitrogens is 1. The molecule has 86 valence electrons. The zero-order valence-electron chi connectivity index (χ0n) is 8.98. The van der Waals surface area contributed by atoms with E-state index >= 15 is 0 Å². The van der Waals surface area contributed by atoms with Gasteiger partial charge in [-0.1, -0.05) is 6.07 Å². The third-order valence-corrected chi connectivity index (χ3v) is 4.22. The molecule has 0 saturated carbocycles. The van der Waals surface area contributed by atoms with Crippen molar-refractivity contribution in [2.75, 3.05) is 0 Å². The second-order valence-electron chi connectivity index (χ2n) is 3.42. The van der Waals surface area contributed by atoms with Gasteiger partial charge in [0.1, 0.15) is 11.8 Å². The topological polar surface area (TPSA) is 48.7 Å². The number of nitriles is 1. The Labute approximate surface area is 112 Å². The van der Waals surface area contributed by atoms with Gasteiger partial charge in [0.2, 0.25) is 0 Å². The highest BCUT2D eigenvalue weighted by atomic mass is 79.9. The van der Waals surface area contributed by atoms with Crippen LogP contribution >= 0.6 is 27.3 Å². The molecule has 0 fully saturated rings. The van der Waals surface area contributed by atoms with Crippen LogP contribution in [0.4, 0.5) is 0 Å². The normalized spacial score (nSPS) is 10.1. The van der Waals surface area contributed by atoms with E-state index in [1.54, 1.807) is 17.5 Å². The smallest absolute Gasteiger partial charge is 0.144 e. The molecule has 2 aromatic heterocycles. The first-order chi connectivity index (χ1) is 8.31. The van der Waals surface area contributed by atoms with Crippen LogP contribution in [0.2, 0.25) is 0 Å². The van der Waals surface area contributed by atoms with Crippen LogP contribution in [0.15, 0.2) is 34.2 Å². The molecule has 0 radical (unpaired) electrons.